The Balaban J connectivity index is 1.64. The number of hydrogen-bond donors (Lipinski definition) is 2. The number of nitro benzene ring substituents is 1. The number of likely N-dealkylation sites (tertiary alicyclic amines) is 1. The summed E-state index contributed by atoms with van der Waals surface area (Å²) in [5.74, 6) is 1.09. The highest BCUT2D eigenvalue weighted by Gasteiger charge is 2.36. The number of amides is 2. The molecule has 112 valence electrons. The number of carbonyl (C=O) groups is 1. The minimum Gasteiger partial charge on any atom is -0.324 e. The maximum Gasteiger partial charge on any atom is 0.321 e. The molecule has 2 heterocycles. The van der Waals surface area contributed by atoms with Crippen LogP contribution in [0.15, 0.2) is 24.3 Å². The van der Waals surface area contributed by atoms with Crippen LogP contribution in [-0.2, 0) is 0 Å². The third kappa shape index (κ3) is 2.97. The number of benzene rings is 1. The van der Waals surface area contributed by atoms with Crippen LogP contribution in [-0.4, -0.2) is 42.0 Å². The predicted octanol–water partition coefficient (Wildman–Crippen LogP) is 1.67. The zero-order valence-corrected chi connectivity index (χ0v) is 11.6. The average Bonchev–Trinajstić information content (AvgIpc) is 2.91. The molecule has 2 aliphatic heterocycles. The van der Waals surface area contributed by atoms with E-state index in [1.165, 1.54) is 12.1 Å². The Morgan fingerprint density at radius 1 is 1.38 bits per heavy atom. The molecule has 0 spiro atoms. The first-order valence-corrected chi connectivity index (χ1v) is 7.14. The van der Waals surface area contributed by atoms with Gasteiger partial charge in [-0.2, -0.15) is 0 Å². The first-order valence-electron chi connectivity index (χ1n) is 7.14. The van der Waals surface area contributed by atoms with Gasteiger partial charge in [-0.1, -0.05) is 6.07 Å². The number of fused-ring (bicyclic) bond motifs is 1. The van der Waals surface area contributed by atoms with E-state index in [1.54, 1.807) is 17.0 Å². The fourth-order valence-corrected chi connectivity index (χ4v) is 3.14. The van der Waals surface area contributed by atoms with Crippen molar-refractivity contribution >= 4 is 17.4 Å². The summed E-state index contributed by atoms with van der Waals surface area (Å²) in [6.07, 6.45) is 1.10. The van der Waals surface area contributed by atoms with Crippen LogP contribution in [0.5, 0.6) is 0 Å². The standard InChI is InChI=1S/C14H18N4O3/c19-14(16-12-2-1-3-13(6-12)18(20)21)17-8-10-4-5-15-7-11(10)9-17/h1-3,6,10-11,15H,4-5,7-9H2,(H,16,19). The summed E-state index contributed by atoms with van der Waals surface area (Å²) in [5.41, 5.74) is 0.439. The number of nitrogens with one attached hydrogen (secondary N) is 2. The smallest absolute Gasteiger partial charge is 0.321 e. The highest BCUT2D eigenvalue weighted by atomic mass is 16.6. The lowest BCUT2D eigenvalue weighted by molar-refractivity contribution is -0.384. The molecule has 2 N–H and O–H groups in total. The number of carbonyl (C=O) groups excluding carboxylic acids is 1. The van der Waals surface area contributed by atoms with Crippen molar-refractivity contribution in [1.29, 1.82) is 0 Å². The molecule has 0 radical (unpaired) electrons. The fraction of sp³-hybridized carbons (Fsp3) is 0.500. The van der Waals surface area contributed by atoms with Gasteiger partial charge in [0.2, 0.25) is 0 Å². The molecular formula is C14H18N4O3. The number of nitrogens with zero attached hydrogens (tertiary/aromatic N) is 2. The maximum atomic E-state index is 12.3. The Bertz CT molecular complexity index is 549. The van der Waals surface area contributed by atoms with E-state index in [1.807, 2.05) is 0 Å². The summed E-state index contributed by atoms with van der Waals surface area (Å²) in [4.78, 5) is 24.3. The number of piperidine rings is 1. The van der Waals surface area contributed by atoms with Crippen LogP contribution in [0, 0.1) is 22.0 Å². The molecule has 7 heteroatoms. The number of hydrogen-bond acceptors (Lipinski definition) is 4. The Kier molecular flexibility index (Phi) is 3.74. The van der Waals surface area contributed by atoms with Crippen molar-refractivity contribution in [2.75, 3.05) is 31.5 Å². The Labute approximate surface area is 122 Å². The van der Waals surface area contributed by atoms with Gasteiger partial charge in [-0.05, 0) is 37.4 Å². The van der Waals surface area contributed by atoms with Crippen LogP contribution in [0.1, 0.15) is 6.42 Å². The van der Waals surface area contributed by atoms with E-state index in [0.29, 0.717) is 17.5 Å². The Hall–Kier alpha value is -2.15. The summed E-state index contributed by atoms with van der Waals surface area (Å²) >= 11 is 0. The van der Waals surface area contributed by atoms with Crippen LogP contribution in [0.4, 0.5) is 16.2 Å². The highest BCUT2D eigenvalue weighted by molar-refractivity contribution is 5.89. The minimum absolute atomic E-state index is 0.0212. The van der Waals surface area contributed by atoms with Gasteiger partial charge in [-0.3, -0.25) is 10.1 Å². The molecule has 2 fully saturated rings. The van der Waals surface area contributed by atoms with E-state index >= 15 is 0 Å². The minimum atomic E-state index is -0.467. The number of urea groups is 1. The van der Waals surface area contributed by atoms with E-state index in [4.69, 9.17) is 0 Å². The van der Waals surface area contributed by atoms with Crippen molar-refractivity contribution in [3.05, 3.63) is 34.4 Å². The second kappa shape index (κ2) is 5.69. The Morgan fingerprint density at radius 2 is 2.19 bits per heavy atom. The molecule has 2 atom stereocenters. The molecule has 2 saturated heterocycles. The van der Waals surface area contributed by atoms with Gasteiger partial charge in [0.05, 0.1) is 4.92 Å². The average molecular weight is 290 g/mol. The molecule has 7 nitrogen and oxygen atoms in total. The fourth-order valence-electron chi connectivity index (χ4n) is 3.14. The topological polar surface area (TPSA) is 87.5 Å². The van der Waals surface area contributed by atoms with Gasteiger partial charge in [0.15, 0.2) is 0 Å². The lowest BCUT2D eigenvalue weighted by atomic mass is 9.90. The van der Waals surface area contributed by atoms with Gasteiger partial charge >= 0.3 is 6.03 Å². The quantitative estimate of drug-likeness (QED) is 0.640. The molecule has 3 rings (SSSR count). The predicted molar refractivity (Wildman–Crippen MR) is 78.2 cm³/mol. The maximum absolute atomic E-state index is 12.3. The first kappa shape index (κ1) is 13.8. The molecule has 2 unspecified atom stereocenters. The highest BCUT2D eigenvalue weighted by Crippen LogP contribution is 2.28. The molecule has 2 amide bonds. The zero-order valence-electron chi connectivity index (χ0n) is 11.6. The lowest BCUT2D eigenvalue weighted by Crippen LogP contribution is -2.35. The lowest BCUT2D eigenvalue weighted by Gasteiger charge is -2.23. The van der Waals surface area contributed by atoms with Crippen molar-refractivity contribution in [3.63, 3.8) is 0 Å². The van der Waals surface area contributed by atoms with Crippen molar-refractivity contribution in [2.24, 2.45) is 11.8 Å². The van der Waals surface area contributed by atoms with Gasteiger partial charge in [-0.15, -0.1) is 0 Å². The molecule has 1 aromatic rings. The summed E-state index contributed by atoms with van der Waals surface area (Å²) in [6, 6.07) is 5.84. The van der Waals surface area contributed by atoms with E-state index < -0.39 is 4.92 Å². The monoisotopic (exact) mass is 290 g/mol. The third-order valence-electron chi connectivity index (χ3n) is 4.27. The van der Waals surface area contributed by atoms with Crippen LogP contribution in [0.3, 0.4) is 0 Å². The number of anilines is 1. The SMILES string of the molecule is O=C(Nc1cccc([N+](=O)[O-])c1)N1CC2CCNCC2C1. The van der Waals surface area contributed by atoms with Gasteiger partial charge in [0.1, 0.15) is 0 Å². The van der Waals surface area contributed by atoms with Gasteiger partial charge in [0, 0.05) is 30.9 Å². The molecule has 0 bridgehead atoms. The molecular weight excluding hydrogens is 272 g/mol. The first-order chi connectivity index (χ1) is 10.1. The van der Waals surface area contributed by atoms with E-state index in [2.05, 4.69) is 10.6 Å². The molecule has 0 aliphatic carbocycles. The molecule has 0 saturated carbocycles. The van der Waals surface area contributed by atoms with Gasteiger partial charge < -0.3 is 15.5 Å². The van der Waals surface area contributed by atoms with E-state index in [9.17, 15) is 14.9 Å². The van der Waals surface area contributed by atoms with Crippen LogP contribution in [0.25, 0.3) is 0 Å². The second-order valence-electron chi connectivity index (χ2n) is 5.66. The number of nitro groups is 1. The molecule has 0 aromatic heterocycles. The van der Waals surface area contributed by atoms with Crippen LogP contribution < -0.4 is 10.6 Å². The molecule has 21 heavy (non-hydrogen) atoms. The number of non-ortho nitro benzene ring substituents is 1. The van der Waals surface area contributed by atoms with Gasteiger partial charge in [0.25, 0.3) is 5.69 Å². The van der Waals surface area contributed by atoms with Crippen LogP contribution >= 0.6 is 0 Å². The zero-order chi connectivity index (χ0) is 14.8. The van der Waals surface area contributed by atoms with Crippen molar-refractivity contribution in [3.8, 4) is 0 Å². The van der Waals surface area contributed by atoms with Crippen LogP contribution in [0.2, 0.25) is 0 Å². The van der Waals surface area contributed by atoms with Crippen molar-refractivity contribution in [2.45, 2.75) is 6.42 Å². The van der Waals surface area contributed by atoms with E-state index in [-0.39, 0.29) is 11.7 Å². The third-order valence-corrected chi connectivity index (χ3v) is 4.27. The summed E-state index contributed by atoms with van der Waals surface area (Å²) < 4.78 is 0. The van der Waals surface area contributed by atoms with Crippen molar-refractivity contribution < 1.29 is 9.72 Å². The summed E-state index contributed by atoms with van der Waals surface area (Å²) in [5, 5.41) is 16.8. The molecule has 2 aliphatic rings. The summed E-state index contributed by atoms with van der Waals surface area (Å²) in [6.45, 7) is 3.50. The van der Waals surface area contributed by atoms with Gasteiger partial charge in [-0.25, -0.2) is 4.79 Å². The molecule has 1 aromatic carbocycles. The Morgan fingerprint density at radius 3 is 2.95 bits per heavy atom. The largest absolute Gasteiger partial charge is 0.324 e. The number of rotatable bonds is 2. The van der Waals surface area contributed by atoms with E-state index in [0.717, 1.165) is 32.6 Å². The summed E-state index contributed by atoms with van der Waals surface area (Å²) in [7, 11) is 0. The second-order valence-corrected chi connectivity index (χ2v) is 5.66. The van der Waals surface area contributed by atoms with Crippen molar-refractivity contribution in [1.82, 2.24) is 10.2 Å². The normalized spacial score (nSPS) is 24.5.